The van der Waals surface area contributed by atoms with E-state index in [2.05, 4.69) is 24.1 Å². The van der Waals surface area contributed by atoms with Gasteiger partial charge >= 0.3 is 0 Å². The highest BCUT2D eigenvalue weighted by Crippen LogP contribution is 2.29. The highest BCUT2D eigenvalue weighted by atomic mass is 35.5. The van der Waals surface area contributed by atoms with Crippen LogP contribution in [0.5, 0.6) is 5.75 Å². The summed E-state index contributed by atoms with van der Waals surface area (Å²) in [6.45, 7) is 10.7. The SMILES string of the molecule is CCOc1ccc(NC(C)C2CCCN(CC)C2)cc1Cl. The third kappa shape index (κ3) is 4.52. The summed E-state index contributed by atoms with van der Waals surface area (Å²) < 4.78 is 5.48. The Labute approximate surface area is 133 Å². The van der Waals surface area contributed by atoms with Crippen LogP contribution >= 0.6 is 11.6 Å². The molecule has 1 heterocycles. The molecule has 1 aliphatic rings. The highest BCUT2D eigenvalue weighted by molar-refractivity contribution is 6.32. The van der Waals surface area contributed by atoms with Crippen molar-refractivity contribution in [1.29, 1.82) is 0 Å². The molecular weight excluding hydrogens is 284 g/mol. The minimum Gasteiger partial charge on any atom is -0.492 e. The van der Waals surface area contributed by atoms with Gasteiger partial charge in [0.2, 0.25) is 0 Å². The second-order valence-electron chi connectivity index (χ2n) is 5.81. The first kappa shape index (κ1) is 16.4. The van der Waals surface area contributed by atoms with Gasteiger partial charge in [0.25, 0.3) is 0 Å². The van der Waals surface area contributed by atoms with Crippen LogP contribution in [0.3, 0.4) is 0 Å². The van der Waals surface area contributed by atoms with Crippen LogP contribution < -0.4 is 10.1 Å². The lowest BCUT2D eigenvalue weighted by atomic mass is 9.91. The number of likely N-dealkylation sites (tertiary alicyclic amines) is 1. The summed E-state index contributed by atoms with van der Waals surface area (Å²) in [6, 6.07) is 6.41. The molecule has 1 aromatic rings. The summed E-state index contributed by atoms with van der Waals surface area (Å²) in [5.41, 5.74) is 1.07. The van der Waals surface area contributed by atoms with Crippen LogP contribution in [0.25, 0.3) is 0 Å². The standard InChI is InChI=1S/C17H27ClN2O/c1-4-20-10-6-7-14(12-20)13(3)19-15-8-9-17(21-5-2)16(18)11-15/h8-9,11,13-14,19H,4-7,10,12H2,1-3H3. The molecule has 2 atom stereocenters. The monoisotopic (exact) mass is 310 g/mol. The van der Waals surface area contributed by atoms with Gasteiger partial charge in [-0.05, 0) is 63.9 Å². The van der Waals surface area contributed by atoms with Crippen LogP contribution in [-0.4, -0.2) is 37.2 Å². The average molecular weight is 311 g/mol. The molecule has 1 aromatic carbocycles. The van der Waals surface area contributed by atoms with E-state index in [-0.39, 0.29) is 0 Å². The van der Waals surface area contributed by atoms with Crippen LogP contribution in [0.2, 0.25) is 5.02 Å². The first-order chi connectivity index (χ1) is 10.1. The molecular formula is C17H27ClN2O. The summed E-state index contributed by atoms with van der Waals surface area (Å²) in [5.74, 6) is 1.45. The minimum absolute atomic E-state index is 0.452. The molecule has 0 bridgehead atoms. The maximum atomic E-state index is 6.25. The van der Waals surface area contributed by atoms with Crippen molar-refractivity contribution < 1.29 is 4.74 Å². The molecule has 2 unspecified atom stereocenters. The molecule has 3 nitrogen and oxygen atoms in total. The number of rotatable bonds is 6. The fourth-order valence-electron chi connectivity index (χ4n) is 3.03. The van der Waals surface area contributed by atoms with Crippen molar-refractivity contribution >= 4 is 17.3 Å². The predicted molar refractivity (Wildman–Crippen MR) is 90.5 cm³/mol. The van der Waals surface area contributed by atoms with Crippen LogP contribution in [0.4, 0.5) is 5.69 Å². The van der Waals surface area contributed by atoms with Crippen molar-refractivity contribution in [2.45, 2.75) is 39.7 Å². The molecule has 1 N–H and O–H groups in total. The normalized spacial score (nSPS) is 21.0. The van der Waals surface area contributed by atoms with E-state index in [9.17, 15) is 0 Å². The summed E-state index contributed by atoms with van der Waals surface area (Å²) in [5, 5.41) is 4.27. The van der Waals surface area contributed by atoms with E-state index in [1.54, 1.807) is 0 Å². The largest absolute Gasteiger partial charge is 0.492 e. The Bertz CT molecular complexity index is 452. The summed E-state index contributed by atoms with van der Waals surface area (Å²) in [4.78, 5) is 2.54. The average Bonchev–Trinajstić information content (AvgIpc) is 2.50. The molecule has 0 amide bonds. The lowest BCUT2D eigenvalue weighted by Gasteiger charge is -2.35. The Morgan fingerprint density at radius 1 is 1.43 bits per heavy atom. The molecule has 1 aliphatic heterocycles. The van der Waals surface area contributed by atoms with E-state index < -0.39 is 0 Å². The second-order valence-corrected chi connectivity index (χ2v) is 6.21. The number of nitrogens with zero attached hydrogens (tertiary/aromatic N) is 1. The van der Waals surface area contributed by atoms with E-state index in [1.807, 2.05) is 25.1 Å². The molecule has 4 heteroatoms. The first-order valence-electron chi connectivity index (χ1n) is 8.05. The molecule has 0 spiro atoms. The molecule has 21 heavy (non-hydrogen) atoms. The highest BCUT2D eigenvalue weighted by Gasteiger charge is 2.23. The Kier molecular flexibility index (Phi) is 6.19. The summed E-state index contributed by atoms with van der Waals surface area (Å²) in [7, 11) is 0. The van der Waals surface area contributed by atoms with Gasteiger partial charge in [-0.1, -0.05) is 18.5 Å². The van der Waals surface area contributed by atoms with Gasteiger partial charge in [0.05, 0.1) is 11.6 Å². The minimum atomic E-state index is 0.452. The molecule has 0 aliphatic carbocycles. The fourth-order valence-corrected chi connectivity index (χ4v) is 3.27. The Morgan fingerprint density at radius 3 is 2.90 bits per heavy atom. The van der Waals surface area contributed by atoms with Crippen molar-refractivity contribution in [3.63, 3.8) is 0 Å². The fraction of sp³-hybridized carbons (Fsp3) is 0.647. The Balaban J connectivity index is 1.95. The van der Waals surface area contributed by atoms with Crippen LogP contribution in [0.15, 0.2) is 18.2 Å². The first-order valence-corrected chi connectivity index (χ1v) is 8.43. The van der Waals surface area contributed by atoms with E-state index in [1.165, 1.54) is 25.9 Å². The third-order valence-corrected chi connectivity index (χ3v) is 4.62. The number of anilines is 1. The van der Waals surface area contributed by atoms with Gasteiger partial charge in [0.15, 0.2) is 0 Å². The molecule has 1 fully saturated rings. The number of ether oxygens (including phenoxy) is 1. The zero-order valence-electron chi connectivity index (χ0n) is 13.4. The van der Waals surface area contributed by atoms with Gasteiger partial charge in [-0.25, -0.2) is 0 Å². The van der Waals surface area contributed by atoms with Crippen LogP contribution in [-0.2, 0) is 0 Å². The topological polar surface area (TPSA) is 24.5 Å². The van der Waals surface area contributed by atoms with Crippen molar-refractivity contribution in [3.05, 3.63) is 23.2 Å². The van der Waals surface area contributed by atoms with Crippen LogP contribution in [0.1, 0.15) is 33.6 Å². The molecule has 0 aromatic heterocycles. The van der Waals surface area contributed by atoms with E-state index in [0.29, 0.717) is 23.6 Å². The van der Waals surface area contributed by atoms with Gasteiger partial charge in [-0.2, -0.15) is 0 Å². The number of piperidine rings is 1. The van der Waals surface area contributed by atoms with Gasteiger partial charge in [-0.15, -0.1) is 0 Å². The zero-order valence-corrected chi connectivity index (χ0v) is 14.1. The van der Waals surface area contributed by atoms with Crippen LogP contribution in [0, 0.1) is 5.92 Å². The number of nitrogens with one attached hydrogen (secondary N) is 1. The third-order valence-electron chi connectivity index (χ3n) is 4.32. The van der Waals surface area contributed by atoms with Crippen molar-refractivity contribution in [2.24, 2.45) is 5.92 Å². The number of hydrogen-bond donors (Lipinski definition) is 1. The van der Waals surface area contributed by atoms with Crippen molar-refractivity contribution in [1.82, 2.24) is 4.90 Å². The smallest absolute Gasteiger partial charge is 0.138 e. The molecule has 118 valence electrons. The summed E-state index contributed by atoms with van der Waals surface area (Å²) in [6.07, 6.45) is 2.60. The van der Waals surface area contributed by atoms with E-state index in [0.717, 1.165) is 18.0 Å². The zero-order chi connectivity index (χ0) is 15.2. The van der Waals surface area contributed by atoms with E-state index in [4.69, 9.17) is 16.3 Å². The molecule has 0 saturated carbocycles. The molecule has 0 radical (unpaired) electrons. The van der Waals surface area contributed by atoms with Crippen molar-refractivity contribution in [2.75, 3.05) is 31.6 Å². The number of benzene rings is 1. The maximum Gasteiger partial charge on any atom is 0.138 e. The summed E-state index contributed by atoms with van der Waals surface area (Å²) >= 11 is 6.25. The maximum absolute atomic E-state index is 6.25. The lowest BCUT2D eigenvalue weighted by Crippen LogP contribution is -2.41. The molecule has 1 saturated heterocycles. The van der Waals surface area contributed by atoms with E-state index >= 15 is 0 Å². The Hall–Kier alpha value is -0.930. The number of halogens is 1. The second kappa shape index (κ2) is 7.90. The molecule has 2 rings (SSSR count). The quantitative estimate of drug-likeness (QED) is 0.849. The van der Waals surface area contributed by atoms with Crippen molar-refractivity contribution in [3.8, 4) is 5.75 Å². The predicted octanol–water partition coefficient (Wildman–Crippen LogP) is 4.27. The van der Waals surface area contributed by atoms with Gasteiger partial charge in [0.1, 0.15) is 5.75 Å². The Morgan fingerprint density at radius 2 is 2.24 bits per heavy atom. The van der Waals surface area contributed by atoms with Gasteiger partial charge in [-0.3, -0.25) is 0 Å². The number of hydrogen-bond acceptors (Lipinski definition) is 3. The lowest BCUT2D eigenvalue weighted by molar-refractivity contribution is 0.172. The van der Waals surface area contributed by atoms with Gasteiger partial charge < -0.3 is 15.0 Å². The van der Waals surface area contributed by atoms with Gasteiger partial charge in [0, 0.05) is 18.3 Å².